The van der Waals surface area contributed by atoms with Gasteiger partial charge in [0.05, 0.1) is 22.8 Å². The summed E-state index contributed by atoms with van der Waals surface area (Å²) in [6.45, 7) is 9.99. The molecule has 3 saturated heterocycles. The minimum Gasteiger partial charge on any atom is -0.426 e. The van der Waals surface area contributed by atoms with Gasteiger partial charge >= 0.3 is 5.97 Å². The zero-order valence-corrected chi connectivity index (χ0v) is 21.3. The van der Waals surface area contributed by atoms with Crippen molar-refractivity contribution in [3.63, 3.8) is 0 Å². The molecule has 11 nitrogen and oxygen atoms in total. The number of fused-ring (bicyclic) bond motifs is 1. The number of amides is 1. The van der Waals surface area contributed by atoms with Gasteiger partial charge in [0.25, 0.3) is 10.1 Å². The second-order valence-corrected chi connectivity index (χ2v) is 11.9. The number of esters is 1. The summed E-state index contributed by atoms with van der Waals surface area (Å²) in [6.07, 6.45) is -3.50. The minimum atomic E-state index is -4.16. The van der Waals surface area contributed by atoms with Crippen molar-refractivity contribution in [1.82, 2.24) is 5.32 Å². The van der Waals surface area contributed by atoms with Crippen molar-refractivity contribution in [3.05, 3.63) is 24.3 Å². The van der Waals surface area contributed by atoms with Gasteiger partial charge in [0.15, 0.2) is 12.1 Å². The van der Waals surface area contributed by atoms with E-state index >= 15 is 0 Å². The van der Waals surface area contributed by atoms with Gasteiger partial charge < -0.3 is 29.0 Å². The normalized spacial score (nSPS) is 32.0. The number of hydrogen-bond donors (Lipinski definition) is 1. The number of carbonyl (C=O) groups is 2. The van der Waals surface area contributed by atoms with Crippen LogP contribution in [0.5, 0.6) is 5.75 Å². The molecule has 0 aliphatic carbocycles. The molecule has 0 radical (unpaired) electrons. The summed E-state index contributed by atoms with van der Waals surface area (Å²) in [4.78, 5) is 23.5. The highest BCUT2D eigenvalue weighted by Gasteiger charge is 2.57. The van der Waals surface area contributed by atoms with Gasteiger partial charge in [-0.3, -0.25) is 13.8 Å². The SMILES string of the molecule is C[C@H]1C(=O)N[C@H]1O[C@@H]1[C@H]2OC(C)(C)O[C@H]2O[C@@H]1COS(=O)(=O)c1ccc(OC(=O)C(C)(C)C)cc1. The topological polar surface area (TPSA) is 136 Å². The van der Waals surface area contributed by atoms with Crippen LogP contribution >= 0.6 is 0 Å². The van der Waals surface area contributed by atoms with Gasteiger partial charge in [0.1, 0.15) is 30.3 Å². The van der Waals surface area contributed by atoms with Gasteiger partial charge in [-0.1, -0.05) is 0 Å². The van der Waals surface area contributed by atoms with Crippen LogP contribution in [0.4, 0.5) is 0 Å². The number of benzene rings is 1. The van der Waals surface area contributed by atoms with Gasteiger partial charge in [0.2, 0.25) is 5.91 Å². The van der Waals surface area contributed by atoms with Crippen LogP contribution in [0, 0.1) is 11.3 Å². The quantitative estimate of drug-likeness (QED) is 0.248. The van der Waals surface area contributed by atoms with Crippen molar-refractivity contribution < 1.29 is 45.9 Å². The standard InChI is InChI=1S/C23H31NO10S/c1-12-18(25)24-19(12)32-16-15(31-20-17(16)33-23(5,6)34-20)11-29-35(27,28)14-9-7-13(8-10-14)30-21(26)22(2,3)4/h7-10,12,15-17,19-20H,11H2,1-6H3,(H,24,25)/t12-,15+,16-,17+,19-,20+/m0/s1. The highest BCUT2D eigenvalue weighted by atomic mass is 32.2. The lowest BCUT2D eigenvalue weighted by Crippen LogP contribution is -2.60. The molecule has 0 aromatic heterocycles. The van der Waals surface area contributed by atoms with Crippen molar-refractivity contribution in [3.8, 4) is 5.75 Å². The van der Waals surface area contributed by atoms with Gasteiger partial charge in [-0.25, -0.2) is 0 Å². The van der Waals surface area contributed by atoms with Gasteiger partial charge in [-0.2, -0.15) is 8.42 Å². The maximum Gasteiger partial charge on any atom is 0.316 e. The van der Waals surface area contributed by atoms with Crippen molar-refractivity contribution in [2.24, 2.45) is 11.3 Å². The second kappa shape index (κ2) is 9.09. The molecule has 1 amide bonds. The molecule has 35 heavy (non-hydrogen) atoms. The van der Waals surface area contributed by atoms with Gasteiger partial charge in [0, 0.05) is 0 Å². The lowest BCUT2D eigenvalue weighted by molar-refractivity contribution is -0.230. The Balaban J connectivity index is 1.41. The monoisotopic (exact) mass is 513 g/mol. The Morgan fingerprint density at radius 2 is 1.80 bits per heavy atom. The van der Waals surface area contributed by atoms with E-state index in [4.69, 9.17) is 27.9 Å². The molecule has 0 spiro atoms. The molecule has 12 heteroatoms. The Kier molecular flexibility index (Phi) is 6.75. The van der Waals surface area contributed by atoms with Crippen molar-refractivity contribution in [2.45, 2.75) is 83.1 Å². The maximum absolute atomic E-state index is 12.8. The smallest absolute Gasteiger partial charge is 0.316 e. The second-order valence-electron chi connectivity index (χ2n) is 10.3. The predicted octanol–water partition coefficient (Wildman–Crippen LogP) is 1.70. The number of β-lactam (4-membered cyclic amide) rings is 1. The summed E-state index contributed by atoms with van der Waals surface area (Å²) in [7, 11) is -4.16. The van der Waals surface area contributed by atoms with E-state index in [-0.39, 0.29) is 29.1 Å². The van der Waals surface area contributed by atoms with Crippen LogP contribution < -0.4 is 10.1 Å². The molecular formula is C23H31NO10S. The zero-order chi connectivity index (χ0) is 25.8. The third-order valence-electron chi connectivity index (χ3n) is 5.87. The Morgan fingerprint density at radius 3 is 2.37 bits per heavy atom. The van der Waals surface area contributed by atoms with Crippen LogP contribution in [0.25, 0.3) is 0 Å². The van der Waals surface area contributed by atoms with E-state index < -0.39 is 58.1 Å². The molecular weight excluding hydrogens is 482 g/mol. The van der Waals surface area contributed by atoms with E-state index in [0.717, 1.165) is 0 Å². The molecule has 3 aliphatic heterocycles. The third-order valence-corrected chi connectivity index (χ3v) is 7.16. The molecule has 3 heterocycles. The summed E-state index contributed by atoms with van der Waals surface area (Å²) in [5, 5.41) is 2.66. The number of carbonyl (C=O) groups excluding carboxylic acids is 2. The molecule has 1 N–H and O–H groups in total. The number of hydrogen-bond acceptors (Lipinski definition) is 10. The van der Waals surface area contributed by atoms with Crippen LogP contribution in [0.1, 0.15) is 41.5 Å². The average molecular weight is 514 g/mol. The summed E-state index contributed by atoms with van der Waals surface area (Å²) in [5.74, 6) is -1.62. The molecule has 6 atom stereocenters. The van der Waals surface area contributed by atoms with Gasteiger partial charge in [-0.15, -0.1) is 0 Å². The van der Waals surface area contributed by atoms with E-state index in [2.05, 4.69) is 5.32 Å². The number of nitrogens with one attached hydrogen (secondary N) is 1. The first-order valence-electron chi connectivity index (χ1n) is 11.3. The van der Waals surface area contributed by atoms with E-state index in [1.54, 1.807) is 41.5 Å². The van der Waals surface area contributed by atoms with Crippen LogP contribution in [-0.4, -0.2) is 63.5 Å². The van der Waals surface area contributed by atoms with Crippen LogP contribution in [-0.2, 0) is 42.8 Å². The summed E-state index contributed by atoms with van der Waals surface area (Å²) in [5.41, 5.74) is -0.700. The molecule has 0 unspecified atom stereocenters. The first kappa shape index (κ1) is 26.0. The molecule has 0 saturated carbocycles. The van der Waals surface area contributed by atoms with Crippen LogP contribution in [0.3, 0.4) is 0 Å². The highest BCUT2D eigenvalue weighted by molar-refractivity contribution is 7.86. The largest absolute Gasteiger partial charge is 0.426 e. The van der Waals surface area contributed by atoms with E-state index in [0.29, 0.717) is 0 Å². The minimum absolute atomic E-state index is 0.114. The molecule has 4 rings (SSSR count). The Labute approximate surface area is 204 Å². The fraction of sp³-hybridized carbons (Fsp3) is 0.652. The lowest BCUT2D eigenvalue weighted by Gasteiger charge is -2.37. The first-order chi connectivity index (χ1) is 16.2. The Hall–Kier alpha value is -2.09. The summed E-state index contributed by atoms with van der Waals surface area (Å²) in [6, 6.07) is 5.34. The molecule has 1 aromatic carbocycles. The van der Waals surface area contributed by atoms with E-state index in [1.165, 1.54) is 24.3 Å². The summed E-state index contributed by atoms with van der Waals surface area (Å²) >= 11 is 0. The predicted molar refractivity (Wildman–Crippen MR) is 119 cm³/mol. The highest BCUT2D eigenvalue weighted by Crippen LogP contribution is 2.40. The molecule has 3 aliphatic rings. The van der Waals surface area contributed by atoms with Gasteiger partial charge in [-0.05, 0) is 65.8 Å². The Morgan fingerprint density at radius 1 is 1.14 bits per heavy atom. The molecule has 194 valence electrons. The zero-order valence-electron chi connectivity index (χ0n) is 20.5. The van der Waals surface area contributed by atoms with Crippen molar-refractivity contribution in [2.75, 3.05) is 6.61 Å². The van der Waals surface area contributed by atoms with E-state index in [9.17, 15) is 18.0 Å². The fourth-order valence-electron chi connectivity index (χ4n) is 3.76. The third kappa shape index (κ3) is 5.52. The van der Waals surface area contributed by atoms with Crippen molar-refractivity contribution in [1.29, 1.82) is 0 Å². The number of rotatable bonds is 7. The van der Waals surface area contributed by atoms with E-state index in [1.807, 2.05) is 0 Å². The first-order valence-corrected chi connectivity index (χ1v) is 12.8. The van der Waals surface area contributed by atoms with Crippen molar-refractivity contribution >= 4 is 22.0 Å². The molecule has 0 bridgehead atoms. The fourth-order valence-corrected chi connectivity index (χ4v) is 4.68. The lowest BCUT2D eigenvalue weighted by atomic mass is 9.97. The molecule has 1 aromatic rings. The van der Waals surface area contributed by atoms with Crippen LogP contribution in [0.2, 0.25) is 0 Å². The van der Waals surface area contributed by atoms with Crippen LogP contribution in [0.15, 0.2) is 29.2 Å². The molecule has 3 fully saturated rings. The summed E-state index contributed by atoms with van der Waals surface area (Å²) < 4.78 is 59.6. The maximum atomic E-state index is 12.8. The Bertz CT molecular complexity index is 1080. The number of ether oxygens (including phenoxy) is 5. The average Bonchev–Trinajstić information content (AvgIpc) is 3.23.